The zero-order valence-corrected chi connectivity index (χ0v) is 19.6. The minimum atomic E-state index is -0.211. The Kier molecular flexibility index (Phi) is 7.18. The van der Waals surface area contributed by atoms with Crippen molar-refractivity contribution in [3.05, 3.63) is 56.4 Å². The van der Waals surface area contributed by atoms with Crippen molar-refractivity contribution in [1.82, 2.24) is 14.9 Å². The van der Waals surface area contributed by atoms with E-state index in [1.807, 2.05) is 11.0 Å². The molecule has 2 aromatic heterocycles. The first-order chi connectivity index (χ1) is 16.0. The molecule has 1 aromatic carbocycles. The second-order valence-electron chi connectivity index (χ2n) is 8.45. The zero-order chi connectivity index (χ0) is 23.4. The number of carbonyl (C=O) groups excluding carboxylic acids is 1. The number of aromatic nitrogens is 2. The van der Waals surface area contributed by atoms with Crippen LogP contribution in [-0.2, 0) is 28.9 Å². The molecule has 0 spiro atoms. The third kappa shape index (κ3) is 5.30. The maximum Gasteiger partial charge on any atom is 0.258 e. The summed E-state index contributed by atoms with van der Waals surface area (Å²) < 4.78 is 5.20. The first kappa shape index (κ1) is 23.1. The number of thiophene rings is 1. The molecule has 1 amide bonds. The molecule has 172 valence electrons. The summed E-state index contributed by atoms with van der Waals surface area (Å²) in [5.41, 5.74) is 2.09. The lowest BCUT2D eigenvalue weighted by atomic mass is 9.89. The minimum absolute atomic E-state index is 0.0870. The Labute approximate surface area is 196 Å². The lowest BCUT2D eigenvalue weighted by Gasteiger charge is -2.20. The van der Waals surface area contributed by atoms with Gasteiger partial charge < -0.3 is 15.0 Å². The summed E-state index contributed by atoms with van der Waals surface area (Å²) in [5, 5.41) is 13.8. The monoisotopic (exact) mass is 465 g/mol. The molecular formula is C24H27N5O3S. The Hall–Kier alpha value is -3.06. The van der Waals surface area contributed by atoms with Gasteiger partial charge in [0.25, 0.3) is 5.56 Å². The molecule has 3 aromatic rings. The first-order valence-corrected chi connectivity index (χ1v) is 11.8. The first-order valence-electron chi connectivity index (χ1n) is 11.0. The van der Waals surface area contributed by atoms with Crippen LogP contribution in [0.4, 0.5) is 5.00 Å². The van der Waals surface area contributed by atoms with Gasteiger partial charge in [-0.3, -0.25) is 14.5 Å². The number of methoxy groups -OCH3 is 1. The van der Waals surface area contributed by atoms with Crippen LogP contribution in [0.1, 0.15) is 35.2 Å². The number of ether oxygens (including phenoxy) is 1. The smallest absolute Gasteiger partial charge is 0.258 e. The standard InChI is InChI=1S/C24H27N5O3S/c1-15-7-8-16-18(12-25)24(33-20(16)11-15)28-22(30)14-29(9-10-32-2)13-21-26-19-6-4-3-5-17(19)23(31)27-21/h3-6,15H,7-11,13-14H2,1-2H3,(H,28,30)(H,26,27,31)/t15-/m1/s1. The average molecular weight is 466 g/mol. The molecule has 0 saturated carbocycles. The van der Waals surface area contributed by atoms with Crippen LogP contribution in [-0.4, -0.2) is 47.6 Å². The molecule has 8 nitrogen and oxygen atoms in total. The summed E-state index contributed by atoms with van der Waals surface area (Å²) in [4.78, 5) is 35.7. The molecular weight excluding hydrogens is 438 g/mol. The van der Waals surface area contributed by atoms with Crippen LogP contribution in [0.15, 0.2) is 29.1 Å². The number of hydrogen-bond acceptors (Lipinski definition) is 7. The molecule has 9 heteroatoms. The van der Waals surface area contributed by atoms with Crippen LogP contribution >= 0.6 is 11.3 Å². The van der Waals surface area contributed by atoms with Crippen LogP contribution in [0.5, 0.6) is 0 Å². The van der Waals surface area contributed by atoms with E-state index >= 15 is 0 Å². The van der Waals surface area contributed by atoms with Gasteiger partial charge in [-0.2, -0.15) is 5.26 Å². The number of nitrogens with one attached hydrogen (secondary N) is 2. The van der Waals surface area contributed by atoms with E-state index < -0.39 is 0 Å². The van der Waals surface area contributed by atoms with E-state index in [2.05, 4.69) is 28.3 Å². The van der Waals surface area contributed by atoms with E-state index in [-0.39, 0.29) is 18.0 Å². The van der Waals surface area contributed by atoms with Gasteiger partial charge in [0.2, 0.25) is 5.91 Å². The predicted molar refractivity (Wildman–Crippen MR) is 128 cm³/mol. The highest BCUT2D eigenvalue weighted by Crippen LogP contribution is 2.39. The number of nitriles is 1. The molecule has 33 heavy (non-hydrogen) atoms. The van der Waals surface area contributed by atoms with Gasteiger partial charge in [0.1, 0.15) is 16.9 Å². The highest BCUT2D eigenvalue weighted by atomic mass is 32.1. The van der Waals surface area contributed by atoms with Gasteiger partial charge >= 0.3 is 0 Å². The molecule has 0 unspecified atom stereocenters. The molecule has 2 heterocycles. The zero-order valence-electron chi connectivity index (χ0n) is 18.8. The van der Waals surface area contributed by atoms with E-state index in [0.717, 1.165) is 24.8 Å². The largest absolute Gasteiger partial charge is 0.383 e. The molecule has 1 aliphatic rings. The third-order valence-electron chi connectivity index (χ3n) is 5.89. The van der Waals surface area contributed by atoms with Gasteiger partial charge in [-0.05, 0) is 42.9 Å². The molecule has 1 aliphatic carbocycles. The summed E-state index contributed by atoms with van der Waals surface area (Å²) in [7, 11) is 1.60. The molecule has 0 saturated heterocycles. The number of fused-ring (bicyclic) bond motifs is 2. The number of H-pyrrole nitrogens is 1. The lowest BCUT2D eigenvalue weighted by Crippen LogP contribution is -2.36. The number of aromatic amines is 1. The lowest BCUT2D eigenvalue weighted by molar-refractivity contribution is -0.117. The maximum absolute atomic E-state index is 12.9. The second-order valence-corrected chi connectivity index (χ2v) is 9.55. The maximum atomic E-state index is 12.9. The highest BCUT2D eigenvalue weighted by molar-refractivity contribution is 7.16. The molecule has 1 atom stereocenters. The number of para-hydroxylation sites is 1. The van der Waals surface area contributed by atoms with Crippen LogP contribution in [0.25, 0.3) is 10.9 Å². The number of carbonyl (C=O) groups is 1. The van der Waals surface area contributed by atoms with Gasteiger partial charge in [0.05, 0.1) is 36.2 Å². The van der Waals surface area contributed by atoms with Gasteiger partial charge in [0, 0.05) is 18.5 Å². The number of hydrogen-bond donors (Lipinski definition) is 2. The summed E-state index contributed by atoms with van der Waals surface area (Å²) in [6, 6.07) is 9.45. The number of benzene rings is 1. The van der Waals surface area contributed by atoms with E-state index in [9.17, 15) is 14.9 Å². The third-order valence-corrected chi connectivity index (χ3v) is 7.06. The Morgan fingerprint density at radius 1 is 1.42 bits per heavy atom. The van der Waals surface area contributed by atoms with Crippen LogP contribution in [0, 0.1) is 17.2 Å². The summed E-state index contributed by atoms with van der Waals surface area (Å²) in [5.74, 6) is 0.866. The second kappa shape index (κ2) is 10.3. The van der Waals surface area contributed by atoms with Crippen molar-refractivity contribution in [3.63, 3.8) is 0 Å². The van der Waals surface area contributed by atoms with Gasteiger partial charge in [-0.1, -0.05) is 19.1 Å². The van der Waals surface area contributed by atoms with Crippen molar-refractivity contribution < 1.29 is 9.53 Å². The van der Waals surface area contributed by atoms with Gasteiger partial charge in [-0.25, -0.2) is 4.98 Å². The van der Waals surface area contributed by atoms with Gasteiger partial charge in [0.15, 0.2) is 0 Å². The summed E-state index contributed by atoms with van der Waals surface area (Å²) >= 11 is 1.51. The van der Waals surface area contributed by atoms with Crippen molar-refractivity contribution in [2.45, 2.75) is 32.7 Å². The topological polar surface area (TPSA) is 111 Å². The van der Waals surface area contributed by atoms with Gasteiger partial charge in [-0.15, -0.1) is 11.3 Å². The van der Waals surface area contributed by atoms with E-state index in [1.54, 1.807) is 25.3 Å². The number of amides is 1. The Balaban J connectivity index is 1.50. The van der Waals surface area contributed by atoms with E-state index in [1.165, 1.54) is 16.2 Å². The van der Waals surface area contributed by atoms with E-state index in [0.29, 0.717) is 52.9 Å². The molecule has 2 N–H and O–H groups in total. The molecule has 0 radical (unpaired) electrons. The summed E-state index contributed by atoms with van der Waals surface area (Å²) in [6.45, 7) is 3.51. The summed E-state index contributed by atoms with van der Waals surface area (Å²) in [6.07, 6.45) is 2.89. The van der Waals surface area contributed by atoms with Crippen molar-refractivity contribution >= 4 is 33.1 Å². The highest BCUT2D eigenvalue weighted by Gasteiger charge is 2.25. The molecule has 0 aliphatic heterocycles. The average Bonchev–Trinajstić information content (AvgIpc) is 3.13. The number of rotatable bonds is 8. The Bertz CT molecular complexity index is 1260. The van der Waals surface area contributed by atoms with Crippen LogP contribution in [0.3, 0.4) is 0 Å². The Morgan fingerprint density at radius 3 is 3.03 bits per heavy atom. The predicted octanol–water partition coefficient (Wildman–Crippen LogP) is 3.07. The fourth-order valence-corrected chi connectivity index (χ4v) is 5.56. The fraction of sp³-hybridized carbons (Fsp3) is 0.417. The normalized spacial score (nSPS) is 15.4. The van der Waals surface area contributed by atoms with Crippen LogP contribution < -0.4 is 10.9 Å². The van der Waals surface area contributed by atoms with Crippen molar-refractivity contribution in [2.24, 2.45) is 5.92 Å². The van der Waals surface area contributed by atoms with Crippen molar-refractivity contribution in [3.8, 4) is 6.07 Å². The SMILES string of the molecule is COCCN(CC(=O)Nc1sc2c(c1C#N)CC[C@@H](C)C2)Cc1nc2ccccc2c(=O)[nH]1. The minimum Gasteiger partial charge on any atom is -0.383 e. The van der Waals surface area contributed by atoms with Crippen LogP contribution in [0.2, 0.25) is 0 Å². The Morgan fingerprint density at radius 2 is 2.24 bits per heavy atom. The quantitative estimate of drug-likeness (QED) is 0.529. The number of anilines is 1. The molecule has 0 fully saturated rings. The fourth-order valence-electron chi connectivity index (χ4n) is 4.18. The van der Waals surface area contributed by atoms with Crippen molar-refractivity contribution in [1.29, 1.82) is 5.26 Å². The molecule has 0 bridgehead atoms. The van der Waals surface area contributed by atoms with E-state index in [4.69, 9.17) is 4.74 Å². The van der Waals surface area contributed by atoms with Crippen molar-refractivity contribution in [2.75, 3.05) is 32.1 Å². The molecule has 4 rings (SSSR count). The number of nitrogens with zero attached hydrogens (tertiary/aromatic N) is 3.